The molecule has 0 bridgehead atoms. The Balaban J connectivity index is 1.59. The zero-order valence-electron chi connectivity index (χ0n) is 21.2. The number of aliphatic hydroxyl groups excluding tert-OH is 2. The highest BCUT2D eigenvalue weighted by Gasteiger charge is 2.51. The van der Waals surface area contributed by atoms with Gasteiger partial charge in [0.2, 0.25) is 0 Å². The largest absolute Gasteiger partial charge is 0.388 e. The third-order valence-electron chi connectivity index (χ3n) is 7.83. The molecule has 1 aliphatic carbocycles. The summed E-state index contributed by atoms with van der Waals surface area (Å²) >= 11 is 0. The topological polar surface area (TPSA) is 40.5 Å². The molecule has 0 radical (unpaired) electrons. The second-order valence-electron chi connectivity index (χ2n) is 9.95. The molecule has 0 amide bonds. The normalized spacial score (nSPS) is 21.2. The molecule has 37 heavy (non-hydrogen) atoms. The second kappa shape index (κ2) is 11.1. The van der Waals surface area contributed by atoms with Crippen molar-refractivity contribution in [2.24, 2.45) is 5.92 Å². The fraction of sp³-hybridized carbons (Fsp3) is 0.200. The number of rotatable bonds is 7. The lowest BCUT2D eigenvalue weighted by Crippen LogP contribution is -2.36. The molecule has 0 spiro atoms. The van der Waals surface area contributed by atoms with Crippen molar-refractivity contribution in [3.63, 3.8) is 0 Å². The number of benzene rings is 4. The van der Waals surface area contributed by atoms with Gasteiger partial charge in [0.1, 0.15) is 0 Å². The van der Waals surface area contributed by atoms with E-state index in [1.165, 1.54) is 0 Å². The Labute approximate surface area is 220 Å². The molecule has 2 nitrogen and oxygen atoms in total. The minimum atomic E-state index is -0.689. The van der Waals surface area contributed by atoms with Crippen LogP contribution >= 0.6 is 0 Å². The van der Waals surface area contributed by atoms with Crippen molar-refractivity contribution in [1.29, 1.82) is 0 Å². The predicted octanol–water partition coefficient (Wildman–Crippen LogP) is 7.51. The van der Waals surface area contributed by atoms with Gasteiger partial charge in [0, 0.05) is 5.92 Å². The van der Waals surface area contributed by atoms with Gasteiger partial charge in [0.25, 0.3) is 0 Å². The SMILES string of the molecule is C/C(=C1/C(O)C(c2ccccc2)(c2ccccc2)C[C@H]1/C=C/C[C@H](O)c1ccccc1)c1ccccc1. The van der Waals surface area contributed by atoms with Crippen LogP contribution in [0.15, 0.2) is 139 Å². The highest BCUT2D eigenvalue weighted by atomic mass is 16.3. The first-order valence-corrected chi connectivity index (χ1v) is 13.1. The van der Waals surface area contributed by atoms with Crippen LogP contribution in [0.25, 0.3) is 5.57 Å². The zero-order chi connectivity index (χ0) is 25.7. The molecular weight excluding hydrogens is 452 g/mol. The first kappa shape index (κ1) is 25.0. The highest BCUT2D eigenvalue weighted by Crippen LogP contribution is 2.53. The molecule has 0 aliphatic heterocycles. The summed E-state index contributed by atoms with van der Waals surface area (Å²) in [5.41, 5.74) is 5.86. The van der Waals surface area contributed by atoms with Gasteiger partial charge in [0.15, 0.2) is 0 Å². The van der Waals surface area contributed by atoms with Gasteiger partial charge in [-0.25, -0.2) is 0 Å². The summed E-state index contributed by atoms with van der Waals surface area (Å²) in [6.07, 6.45) is 4.31. The van der Waals surface area contributed by atoms with Crippen LogP contribution in [0.5, 0.6) is 0 Å². The standard InChI is InChI=1S/C35H34O2/c1-26(27-15-6-2-7-16-27)33-29(19-14-24-32(36)28-17-8-3-9-18-28)25-35(34(33)37,30-20-10-4-11-21-30)31-22-12-5-13-23-31/h2-23,29,32,34,36-37H,24-25H2,1H3/b19-14+,33-26-/t29-,32+,34?/m1/s1. The van der Waals surface area contributed by atoms with Crippen LogP contribution in [-0.4, -0.2) is 16.3 Å². The second-order valence-corrected chi connectivity index (χ2v) is 9.95. The molecule has 186 valence electrons. The summed E-state index contributed by atoms with van der Waals surface area (Å²) in [4.78, 5) is 0. The molecule has 5 rings (SSSR count). The molecule has 1 aliphatic rings. The summed E-state index contributed by atoms with van der Waals surface area (Å²) in [5.74, 6) is 0.0265. The minimum Gasteiger partial charge on any atom is -0.388 e. The Hall–Kier alpha value is -3.72. The van der Waals surface area contributed by atoms with E-state index in [2.05, 4.69) is 79.7 Å². The van der Waals surface area contributed by atoms with Gasteiger partial charge >= 0.3 is 0 Å². The number of hydrogen-bond donors (Lipinski definition) is 2. The highest BCUT2D eigenvalue weighted by molar-refractivity contribution is 5.71. The summed E-state index contributed by atoms with van der Waals surface area (Å²) in [6, 6.07) is 40.9. The lowest BCUT2D eigenvalue weighted by atomic mass is 9.71. The van der Waals surface area contributed by atoms with E-state index in [0.29, 0.717) is 6.42 Å². The van der Waals surface area contributed by atoms with E-state index in [1.54, 1.807) is 0 Å². The van der Waals surface area contributed by atoms with Crippen molar-refractivity contribution in [1.82, 2.24) is 0 Å². The van der Waals surface area contributed by atoms with E-state index in [0.717, 1.165) is 39.8 Å². The van der Waals surface area contributed by atoms with Gasteiger partial charge < -0.3 is 10.2 Å². The summed E-state index contributed by atoms with van der Waals surface area (Å²) < 4.78 is 0. The monoisotopic (exact) mass is 486 g/mol. The molecule has 0 saturated heterocycles. The van der Waals surface area contributed by atoms with Crippen LogP contribution < -0.4 is 0 Å². The molecular formula is C35H34O2. The third kappa shape index (κ3) is 4.96. The number of allylic oxidation sites excluding steroid dienone is 2. The van der Waals surface area contributed by atoms with Gasteiger partial charge in [-0.3, -0.25) is 0 Å². The summed E-state index contributed by atoms with van der Waals surface area (Å²) in [5, 5.41) is 23.0. The van der Waals surface area contributed by atoms with Crippen LogP contribution in [0.3, 0.4) is 0 Å². The van der Waals surface area contributed by atoms with Crippen molar-refractivity contribution >= 4 is 5.57 Å². The molecule has 3 atom stereocenters. The van der Waals surface area contributed by atoms with Crippen molar-refractivity contribution in [3.8, 4) is 0 Å². The van der Waals surface area contributed by atoms with Crippen LogP contribution in [0.4, 0.5) is 0 Å². The van der Waals surface area contributed by atoms with Crippen LogP contribution in [0.2, 0.25) is 0 Å². The Kier molecular flexibility index (Phi) is 7.50. The summed E-state index contributed by atoms with van der Waals surface area (Å²) in [7, 11) is 0. The van der Waals surface area contributed by atoms with E-state index in [1.807, 2.05) is 60.7 Å². The Morgan fingerprint density at radius 1 is 0.784 bits per heavy atom. The molecule has 0 aromatic heterocycles. The van der Waals surface area contributed by atoms with E-state index < -0.39 is 17.6 Å². The first-order valence-electron chi connectivity index (χ1n) is 13.1. The lowest BCUT2D eigenvalue weighted by Gasteiger charge is -2.34. The van der Waals surface area contributed by atoms with Gasteiger partial charge in [-0.15, -0.1) is 0 Å². The van der Waals surface area contributed by atoms with Crippen LogP contribution in [0, 0.1) is 5.92 Å². The minimum absolute atomic E-state index is 0.0265. The van der Waals surface area contributed by atoms with Crippen LogP contribution in [-0.2, 0) is 5.41 Å². The quantitative estimate of drug-likeness (QED) is 0.265. The molecule has 2 heteroatoms. The average Bonchev–Trinajstić information content (AvgIpc) is 3.27. The predicted molar refractivity (Wildman–Crippen MR) is 152 cm³/mol. The first-order chi connectivity index (χ1) is 18.1. The molecule has 1 fully saturated rings. The zero-order valence-corrected chi connectivity index (χ0v) is 21.2. The fourth-order valence-electron chi connectivity index (χ4n) is 5.92. The molecule has 4 aromatic carbocycles. The Bertz CT molecular complexity index is 1300. The van der Waals surface area contributed by atoms with Gasteiger partial charge in [-0.05, 0) is 53.2 Å². The maximum Gasteiger partial charge on any atom is 0.0899 e. The molecule has 4 aromatic rings. The molecule has 2 N–H and O–H groups in total. The van der Waals surface area contributed by atoms with E-state index in [-0.39, 0.29) is 5.92 Å². The van der Waals surface area contributed by atoms with E-state index >= 15 is 0 Å². The third-order valence-corrected chi connectivity index (χ3v) is 7.83. The summed E-state index contributed by atoms with van der Waals surface area (Å²) in [6.45, 7) is 2.12. The number of hydrogen-bond acceptors (Lipinski definition) is 2. The number of aliphatic hydroxyl groups is 2. The van der Waals surface area contributed by atoms with Gasteiger partial charge in [-0.2, -0.15) is 0 Å². The van der Waals surface area contributed by atoms with Crippen LogP contribution in [0.1, 0.15) is 48.1 Å². The Morgan fingerprint density at radius 2 is 1.27 bits per heavy atom. The lowest BCUT2D eigenvalue weighted by molar-refractivity contribution is 0.157. The fourth-order valence-corrected chi connectivity index (χ4v) is 5.92. The maximum absolute atomic E-state index is 12.3. The smallest absolute Gasteiger partial charge is 0.0899 e. The molecule has 0 heterocycles. The van der Waals surface area contributed by atoms with Gasteiger partial charge in [-0.1, -0.05) is 133 Å². The van der Waals surface area contributed by atoms with E-state index in [9.17, 15) is 10.2 Å². The average molecular weight is 487 g/mol. The Morgan fingerprint density at radius 3 is 1.81 bits per heavy atom. The van der Waals surface area contributed by atoms with E-state index in [4.69, 9.17) is 0 Å². The van der Waals surface area contributed by atoms with Crippen molar-refractivity contribution in [2.45, 2.75) is 37.4 Å². The maximum atomic E-state index is 12.3. The van der Waals surface area contributed by atoms with Crippen molar-refractivity contribution < 1.29 is 10.2 Å². The molecule has 1 unspecified atom stereocenters. The van der Waals surface area contributed by atoms with Crippen molar-refractivity contribution in [2.75, 3.05) is 0 Å². The van der Waals surface area contributed by atoms with Gasteiger partial charge in [0.05, 0.1) is 17.6 Å². The molecule has 1 saturated carbocycles. The van der Waals surface area contributed by atoms with Crippen molar-refractivity contribution in [3.05, 3.63) is 161 Å².